The summed E-state index contributed by atoms with van der Waals surface area (Å²) in [5, 5.41) is 4.07. The minimum Gasteiger partial charge on any atom is -0.489 e. The highest BCUT2D eigenvalue weighted by Crippen LogP contribution is 2.42. The van der Waals surface area contributed by atoms with E-state index < -0.39 is 30.2 Å². The number of allylic oxidation sites excluding steroid dienone is 1. The lowest BCUT2D eigenvalue weighted by Gasteiger charge is -2.34. The highest BCUT2D eigenvalue weighted by Gasteiger charge is 2.58. The van der Waals surface area contributed by atoms with E-state index in [0.717, 1.165) is 5.01 Å². The van der Waals surface area contributed by atoms with Crippen molar-refractivity contribution in [2.24, 2.45) is 0 Å². The van der Waals surface area contributed by atoms with Gasteiger partial charge in [0.2, 0.25) is 5.89 Å². The van der Waals surface area contributed by atoms with E-state index in [1.807, 2.05) is 0 Å². The second-order valence-electron chi connectivity index (χ2n) is 8.31. The van der Waals surface area contributed by atoms with Crippen LogP contribution < -0.4 is 15.5 Å². The van der Waals surface area contributed by atoms with Crippen LogP contribution in [0.25, 0.3) is 16.7 Å². The molecule has 184 valence electrons. The highest BCUT2D eigenvalue weighted by atomic mass is 19.4. The largest absolute Gasteiger partial charge is 0.489 e. The Morgan fingerprint density at radius 1 is 1.11 bits per heavy atom. The van der Waals surface area contributed by atoms with Crippen LogP contribution in [0.5, 0.6) is 5.75 Å². The molecular weight excluding hydrogens is 465 g/mol. The third-order valence-electron chi connectivity index (χ3n) is 6.11. The number of rotatable bonds is 6. The lowest BCUT2D eigenvalue weighted by Crippen LogP contribution is -2.54. The fourth-order valence-electron chi connectivity index (χ4n) is 4.53. The molecule has 2 N–H and O–H groups in total. The maximum Gasteiger partial charge on any atom is 0.406 e. The summed E-state index contributed by atoms with van der Waals surface area (Å²) in [6.07, 6.45) is -5.53. The summed E-state index contributed by atoms with van der Waals surface area (Å²) in [6.45, 7) is 2.29. The average molecular weight is 488 g/mol. The van der Waals surface area contributed by atoms with Gasteiger partial charge in [0.05, 0.1) is 12.5 Å². The van der Waals surface area contributed by atoms with E-state index in [2.05, 4.69) is 15.7 Å². The van der Waals surface area contributed by atoms with Gasteiger partial charge in [0.15, 0.2) is 11.1 Å². The molecule has 3 unspecified atom stereocenters. The van der Waals surface area contributed by atoms with E-state index in [-0.39, 0.29) is 11.5 Å². The van der Waals surface area contributed by atoms with Crippen LogP contribution in [0.3, 0.4) is 0 Å². The second-order valence-corrected chi connectivity index (χ2v) is 8.31. The summed E-state index contributed by atoms with van der Waals surface area (Å²) in [7, 11) is 1.56. The molecule has 0 saturated carbocycles. The molecule has 2 aliphatic heterocycles. The molecular formula is C24H23F3N4O4. The molecule has 3 atom stereocenters. The Balaban J connectivity index is 1.52. The van der Waals surface area contributed by atoms with Crippen LogP contribution >= 0.6 is 0 Å². The first kappa shape index (κ1) is 23.2. The number of oxazole rings is 1. The molecule has 35 heavy (non-hydrogen) atoms. The molecule has 0 spiro atoms. The maximum absolute atomic E-state index is 14.0. The number of halogens is 3. The van der Waals surface area contributed by atoms with Crippen molar-refractivity contribution in [3.05, 3.63) is 65.7 Å². The number of fused-ring (bicyclic) bond motifs is 2. The van der Waals surface area contributed by atoms with Crippen molar-refractivity contribution in [2.45, 2.75) is 31.2 Å². The Labute approximate surface area is 198 Å². The lowest BCUT2D eigenvalue weighted by molar-refractivity contribution is -0.161. The molecule has 2 aliphatic rings. The van der Waals surface area contributed by atoms with E-state index in [1.54, 1.807) is 62.6 Å². The van der Waals surface area contributed by atoms with Crippen molar-refractivity contribution in [3.8, 4) is 5.75 Å². The first-order valence-electron chi connectivity index (χ1n) is 11.0. The number of aromatic nitrogens is 1. The molecule has 1 amide bonds. The minimum atomic E-state index is -4.58. The number of carbonyl (C=O) groups excluding carboxylic acids is 1. The predicted octanol–water partition coefficient (Wildman–Crippen LogP) is 3.57. The predicted molar refractivity (Wildman–Crippen MR) is 120 cm³/mol. The Hall–Kier alpha value is -3.57. The van der Waals surface area contributed by atoms with Gasteiger partial charge < -0.3 is 19.2 Å². The van der Waals surface area contributed by atoms with E-state index in [4.69, 9.17) is 13.9 Å². The average Bonchev–Trinajstić information content (AvgIpc) is 3.42. The van der Waals surface area contributed by atoms with Crippen LogP contribution in [-0.4, -0.2) is 54.6 Å². The SMILES string of the molecule is COCCOc1cccc2oc(C3=C(C)NC4C(c5ccccc5)C(C(F)(F)F)NN4C3=O)nc12. The number of benzene rings is 2. The second kappa shape index (κ2) is 8.90. The molecule has 1 fully saturated rings. The molecule has 1 aromatic heterocycles. The zero-order valence-corrected chi connectivity index (χ0v) is 18.9. The number of ether oxygens (including phenoxy) is 2. The Bertz CT molecular complexity index is 1270. The summed E-state index contributed by atoms with van der Waals surface area (Å²) in [5.41, 5.74) is 4.05. The molecule has 3 heterocycles. The summed E-state index contributed by atoms with van der Waals surface area (Å²) in [5.74, 6) is -1.28. The molecule has 0 aliphatic carbocycles. The van der Waals surface area contributed by atoms with Crippen LogP contribution in [-0.2, 0) is 9.53 Å². The van der Waals surface area contributed by atoms with Crippen molar-refractivity contribution in [1.82, 2.24) is 20.7 Å². The minimum absolute atomic E-state index is 0.00948. The van der Waals surface area contributed by atoms with Crippen molar-refractivity contribution in [1.29, 1.82) is 0 Å². The topological polar surface area (TPSA) is 88.9 Å². The van der Waals surface area contributed by atoms with Gasteiger partial charge in [0, 0.05) is 12.8 Å². The van der Waals surface area contributed by atoms with Gasteiger partial charge in [-0.2, -0.15) is 13.2 Å². The first-order chi connectivity index (χ1) is 16.8. The molecule has 5 rings (SSSR count). The molecule has 2 aromatic carbocycles. The summed E-state index contributed by atoms with van der Waals surface area (Å²) >= 11 is 0. The van der Waals surface area contributed by atoms with Crippen molar-refractivity contribution >= 4 is 22.6 Å². The number of nitrogens with one attached hydrogen (secondary N) is 2. The lowest BCUT2D eigenvalue weighted by atomic mass is 9.89. The van der Waals surface area contributed by atoms with Gasteiger partial charge in [-0.3, -0.25) is 4.79 Å². The standard InChI is InChI=1S/C24H23F3N4O4/c1-13-17(22-29-19-15(34-12-11-33-2)9-6-10-16(19)35-22)23(32)31-21(28-13)18(14-7-4-3-5-8-14)20(30-31)24(25,26)27/h3-10,18,20-21,28,30H,11-12H2,1-2H3. The van der Waals surface area contributed by atoms with E-state index in [0.29, 0.717) is 41.3 Å². The fourth-order valence-corrected chi connectivity index (χ4v) is 4.53. The Morgan fingerprint density at radius 2 is 1.89 bits per heavy atom. The normalized spacial score (nSPS) is 22.5. The zero-order chi connectivity index (χ0) is 24.7. The number of para-hydroxylation sites is 1. The van der Waals surface area contributed by atoms with Gasteiger partial charge in [-0.05, 0) is 24.6 Å². The van der Waals surface area contributed by atoms with Gasteiger partial charge in [-0.25, -0.2) is 15.4 Å². The Morgan fingerprint density at radius 3 is 2.60 bits per heavy atom. The van der Waals surface area contributed by atoms with Gasteiger partial charge in [-0.1, -0.05) is 36.4 Å². The monoisotopic (exact) mass is 488 g/mol. The van der Waals surface area contributed by atoms with Gasteiger partial charge in [-0.15, -0.1) is 0 Å². The smallest absolute Gasteiger partial charge is 0.406 e. The number of alkyl halides is 3. The molecule has 0 bridgehead atoms. The quantitative estimate of drug-likeness (QED) is 0.513. The molecule has 3 aromatic rings. The number of amides is 1. The fraction of sp³-hybridized carbons (Fsp3) is 0.333. The van der Waals surface area contributed by atoms with Crippen LogP contribution in [0, 0.1) is 0 Å². The number of carbonyl (C=O) groups is 1. The zero-order valence-electron chi connectivity index (χ0n) is 18.9. The van der Waals surface area contributed by atoms with Crippen LogP contribution in [0.1, 0.15) is 24.3 Å². The van der Waals surface area contributed by atoms with Gasteiger partial charge in [0.1, 0.15) is 30.1 Å². The summed E-state index contributed by atoms with van der Waals surface area (Å²) in [6, 6.07) is 11.5. The van der Waals surface area contributed by atoms with Crippen LogP contribution in [0.15, 0.2) is 58.6 Å². The maximum atomic E-state index is 14.0. The molecule has 11 heteroatoms. The van der Waals surface area contributed by atoms with Gasteiger partial charge >= 0.3 is 6.18 Å². The van der Waals surface area contributed by atoms with Crippen LogP contribution in [0.4, 0.5) is 13.2 Å². The van der Waals surface area contributed by atoms with Crippen molar-refractivity contribution in [3.63, 3.8) is 0 Å². The molecule has 8 nitrogen and oxygen atoms in total. The van der Waals surface area contributed by atoms with Crippen molar-refractivity contribution in [2.75, 3.05) is 20.3 Å². The number of methoxy groups -OCH3 is 1. The van der Waals surface area contributed by atoms with E-state index in [9.17, 15) is 18.0 Å². The number of hydrogen-bond donors (Lipinski definition) is 2. The number of nitrogens with zero attached hydrogens (tertiary/aromatic N) is 2. The first-order valence-corrected chi connectivity index (χ1v) is 11.0. The third kappa shape index (κ3) is 4.10. The summed E-state index contributed by atoms with van der Waals surface area (Å²) < 4.78 is 58.5. The van der Waals surface area contributed by atoms with Crippen molar-refractivity contribution < 1.29 is 31.9 Å². The third-order valence-corrected chi connectivity index (χ3v) is 6.11. The van der Waals surface area contributed by atoms with E-state index >= 15 is 0 Å². The summed E-state index contributed by atoms with van der Waals surface area (Å²) in [4.78, 5) is 17.9. The highest BCUT2D eigenvalue weighted by molar-refractivity contribution is 6.20. The van der Waals surface area contributed by atoms with Gasteiger partial charge in [0.25, 0.3) is 5.91 Å². The molecule has 0 radical (unpaired) electrons. The number of hydrogen-bond acceptors (Lipinski definition) is 7. The molecule has 1 saturated heterocycles. The number of hydrazine groups is 1. The Kier molecular flexibility index (Phi) is 5.89. The van der Waals surface area contributed by atoms with Crippen LogP contribution in [0.2, 0.25) is 0 Å². The van der Waals surface area contributed by atoms with E-state index in [1.165, 1.54) is 0 Å².